The van der Waals surface area contributed by atoms with Crippen molar-refractivity contribution in [3.05, 3.63) is 24.3 Å². The zero-order valence-electron chi connectivity index (χ0n) is 12.5. The van der Waals surface area contributed by atoms with E-state index in [2.05, 4.69) is 0 Å². The molecule has 1 aromatic rings. The molecule has 2 heterocycles. The molecule has 9 nitrogen and oxygen atoms in total. The van der Waals surface area contributed by atoms with Crippen molar-refractivity contribution >= 4 is 31.9 Å². The van der Waals surface area contributed by atoms with Crippen LogP contribution in [-0.4, -0.2) is 57.0 Å². The average molecular weight is 373 g/mol. The fraction of sp³-hybridized carbons (Fsp3) is 0.385. The molecule has 130 valence electrons. The van der Waals surface area contributed by atoms with Gasteiger partial charge in [-0.2, -0.15) is 4.31 Å². The van der Waals surface area contributed by atoms with Gasteiger partial charge in [-0.05, 0) is 24.3 Å². The summed E-state index contributed by atoms with van der Waals surface area (Å²) >= 11 is 0. The number of nitrogens with zero attached hydrogens (tertiary/aromatic N) is 2. The highest BCUT2D eigenvalue weighted by atomic mass is 32.2. The number of carbonyl (C=O) groups excluding carboxylic acids is 2. The molecule has 2 fully saturated rings. The predicted octanol–water partition coefficient (Wildman–Crippen LogP) is -1.14. The summed E-state index contributed by atoms with van der Waals surface area (Å²) in [4.78, 5) is 24.2. The van der Waals surface area contributed by atoms with Crippen LogP contribution in [0.25, 0.3) is 0 Å². The standard InChI is InChI=1S/C13H15N3O6S2/c14-23(19,20)10-1-3-11(4-2-10)24(21,22)15-7-9(8-15)16-12(17)5-6-13(16)18/h1-4,9H,5-8H2,(H2,14,19,20). The van der Waals surface area contributed by atoms with Crippen molar-refractivity contribution in [3.8, 4) is 0 Å². The number of carbonyl (C=O) groups is 2. The molecule has 0 aromatic heterocycles. The number of primary sulfonamides is 1. The van der Waals surface area contributed by atoms with Crippen molar-refractivity contribution < 1.29 is 26.4 Å². The van der Waals surface area contributed by atoms with Crippen LogP contribution in [-0.2, 0) is 29.6 Å². The summed E-state index contributed by atoms with van der Waals surface area (Å²) in [5, 5.41) is 4.97. The van der Waals surface area contributed by atoms with Crippen molar-refractivity contribution in [1.82, 2.24) is 9.21 Å². The molecule has 0 unspecified atom stereocenters. The van der Waals surface area contributed by atoms with Crippen LogP contribution < -0.4 is 5.14 Å². The van der Waals surface area contributed by atoms with Gasteiger partial charge < -0.3 is 0 Å². The molecule has 2 amide bonds. The number of likely N-dealkylation sites (tertiary alicyclic amines) is 1. The lowest BCUT2D eigenvalue weighted by molar-refractivity contribution is -0.143. The smallest absolute Gasteiger partial charge is 0.243 e. The van der Waals surface area contributed by atoms with E-state index in [0.717, 1.165) is 33.5 Å². The third-order valence-corrected chi connectivity index (χ3v) is 6.85. The summed E-state index contributed by atoms with van der Waals surface area (Å²) < 4.78 is 48.4. The molecule has 24 heavy (non-hydrogen) atoms. The molecule has 11 heteroatoms. The van der Waals surface area contributed by atoms with Gasteiger partial charge in [0.15, 0.2) is 0 Å². The van der Waals surface area contributed by atoms with Gasteiger partial charge in [-0.15, -0.1) is 0 Å². The second-order valence-corrected chi connectivity index (χ2v) is 9.15. The lowest BCUT2D eigenvalue weighted by Crippen LogP contribution is -2.62. The highest BCUT2D eigenvalue weighted by molar-refractivity contribution is 7.89. The first kappa shape index (κ1) is 17.0. The molecule has 0 bridgehead atoms. The van der Waals surface area contributed by atoms with Gasteiger partial charge in [0.1, 0.15) is 0 Å². The minimum atomic E-state index is -3.90. The maximum atomic E-state index is 12.5. The SMILES string of the molecule is NS(=O)(=O)c1ccc(S(=O)(=O)N2CC(N3C(=O)CCC3=O)C2)cc1. The molecular formula is C13H15N3O6S2. The van der Waals surface area contributed by atoms with E-state index >= 15 is 0 Å². The largest absolute Gasteiger partial charge is 0.277 e. The van der Waals surface area contributed by atoms with Gasteiger partial charge in [-0.25, -0.2) is 22.0 Å². The Morgan fingerprint density at radius 1 is 0.875 bits per heavy atom. The number of benzene rings is 1. The molecule has 0 aliphatic carbocycles. The lowest BCUT2D eigenvalue weighted by atomic mass is 10.1. The second-order valence-electron chi connectivity index (χ2n) is 5.65. The van der Waals surface area contributed by atoms with E-state index in [1.165, 1.54) is 0 Å². The highest BCUT2D eigenvalue weighted by Gasteiger charge is 2.45. The Hall–Kier alpha value is -1.82. The molecule has 2 N–H and O–H groups in total. The van der Waals surface area contributed by atoms with Crippen molar-refractivity contribution in [2.45, 2.75) is 28.7 Å². The van der Waals surface area contributed by atoms with E-state index in [9.17, 15) is 26.4 Å². The Bertz CT molecular complexity index is 886. The molecule has 2 saturated heterocycles. The van der Waals surface area contributed by atoms with Gasteiger partial charge in [-0.3, -0.25) is 14.5 Å². The van der Waals surface area contributed by atoms with Crippen LogP contribution in [0.1, 0.15) is 12.8 Å². The fourth-order valence-electron chi connectivity index (χ4n) is 2.73. The zero-order valence-corrected chi connectivity index (χ0v) is 14.1. The lowest BCUT2D eigenvalue weighted by Gasteiger charge is -2.41. The fourth-order valence-corrected chi connectivity index (χ4v) is 4.76. The summed E-state index contributed by atoms with van der Waals surface area (Å²) in [6.07, 6.45) is 0.328. The summed E-state index contributed by atoms with van der Waals surface area (Å²) in [6.45, 7) is 0.0769. The Balaban J connectivity index is 1.74. The van der Waals surface area contributed by atoms with E-state index in [1.807, 2.05) is 0 Å². The maximum Gasteiger partial charge on any atom is 0.243 e. The normalized spacial score (nSPS) is 20.5. The first-order valence-corrected chi connectivity index (χ1v) is 10.1. The first-order chi connectivity index (χ1) is 11.1. The summed E-state index contributed by atoms with van der Waals surface area (Å²) in [6, 6.07) is 4.12. The number of imide groups is 1. The summed E-state index contributed by atoms with van der Waals surface area (Å²) in [5.74, 6) is -0.556. The quantitative estimate of drug-likeness (QED) is 0.663. The van der Waals surface area contributed by atoms with Gasteiger partial charge in [-0.1, -0.05) is 0 Å². The third kappa shape index (κ3) is 2.83. The minimum Gasteiger partial charge on any atom is -0.277 e. The molecule has 1 aromatic carbocycles. The summed E-state index contributed by atoms with van der Waals surface area (Å²) in [5.41, 5.74) is 0. The van der Waals surface area contributed by atoms with Gasteiger partial charge in [0.05, 0.1) is 15.8 Å². The van der Waals surface area contributed by atoms with Gasteiger partial charge in [0.2, 0.25) is 31.9 Å². The molecule has 2 aliphatic heterocycles. The Morgan fingerprint density at radius 2 is 1.33 bits per heavy atom. The van der Waals surface area contributed by atoms with E-state index in [4.69, 9.17) is 5.14 Å². The average Bonchev–Trinajstić information content (AvgIpc) is 2.77. The number of hydrogen-bond donors (Lipinski definition) is 1. The van der Waals surface area contributed by atoms with Crippen LogP contribution in [0.5, 0.6) is 0 Å². The molecule has 0 saturated carbocycles. The van der Waals surface area contributed by atoms with Crippen LogP contribution >= 0.6 is 0 Å². The van der Waals surface area contributed by atoms with Gasteiger partial charge in [0.25, 0.3) is 0 Å². The molecule has 0 radical (unpaired) electrons. The van der Waals surface area contributed by atoms with Crippen LogP contribution in [0.4, 0.5) is 0 Å². The van der Waals surface area contributed by atoms with E-state index < -0.39 is 26.1 Å². The Morgan fingerprint density at radius 3 is 1.79 bits per heavy atom. The van der Waals surface area contributed by atoms with Crippen molar-refractivity contribution in [3.63, 3.8) is 0 Å². The van der Waals surface area contributed by atoms with E-state index in [0.29, 0.717) is 0 Å². The number of nitrogens with two attached hydrogens (primary N) is 1. The van der Waals surface area contributed by atoms with Crippen molar-refractivity contribution in [2.75, 3.05) is 13.1 Å². The highest BCUT2D eigenvalue weighted by Crippen LogP contribution is 2.27. The summed E-state index contributed by atoms with van der Waals surface area (Å²) in [7, 11) is -7.71. The van der Waals surface area contributed by atoms with Crippen molar-refractivity contribution in [2.24, 2.45) is 5.14 Å². The Kier molecular flexibility index (Phi) is 3.98. The van der Waals surface area contributed by atoms with Gasteiger partial charge in [0, 0.05) is 25.9 Å². The molecule has 3 rings (SSSR count). The molecule has 2 aliphatic rings. The maximum absolute atomic E-state index is 12.5. The van der Waals surface area contributed by atoms with Gasteiger partial charge >= 0.3 is 0 Å². The van der Waals surface area contributed by atoms with Crippen molar-refractivity contribution in [1.29, 1.82) is 0 Å². The number of amides is 2. The zero-order chi connectivity index (χ0) is 17.7. The van der Waals surface area contributed by atoms with E-state index in [-0.39, 0.29) is 47.5 Å². The molecule has 0 spiro atoms. The van der Waals surface area contributed by atoms with E-state index in [1.54, 1.807) is 0 Å². The molecular weight excluding hydrogens is 358 g/mol. The first-order valence-electron chi connectivity index (χ1n) is 7.08. The van der Waals surface area contributed by atoms with Crippen LogP contribution in [0.3, 0.4) is 0 Å². The minimum absolute atomic E-state index is 0.0384. The van der Waals surface area contributed by atoms with Crippen LogP contribution in [0, 0.1) is 0 Å². The molecule has 0 atom stereocenters. The number of rotatable bonds is 4. The van der Waals surface area contributed by atoms with Crippen LogP contribution in [0.15, 0.2) is 34.1 Å². The second kappa shape index (κ2) is 5.62. The predicted molar refractivity (Wildman–Crippen MR) is 81.4 cm³/mol. The third-order valence-electron chi connectivity index (χ3n) is 4.07. The topological polar surface area (TPSA) is 135 Å². The van der Waals surface area contributed by atoms with Crippen LogP contribution in [0.2, 0.25) is 0 Å². The number of sulfonamides is 2. The Labute approximate surface area is 139 Å². The number of hydrogen-bond acceptors (Lipinski definition) is 6. The monoisotopic (exact) mass is 373 g/mol.